The van der Waals surface area contributed by atoms with E-state index >= 15 is 0 Å². The van der Waals surface area contributed by atoms with Crippen LogP contribution in [0.5, 0.6) is 11.5 Å². The normalized spacial score (nSPS) is 11.3. The summed E-state index contributed by atoms with van der Waals surface area (Å²) in [6, 6.07) is 16.0. The Morgan fingerprint density at radius 1 is 1.10 bits per heavy atom. The second kappa shape index (κ2) is 10.2. The molecule has 0 spiro atoms. The van der Waals surface area contributed by atoms with Crippen molar-refractivity contribution in [3.63, 3.8) is 0 Å². The van der Waals surface area contributed by atoms with E-state index in [1.165, 1.54) is 5.56 Å². The molecule has 7 nitrogen and oxygen atoms in total. The van der Waals surface area contributed by atoms with Crippen LogP contribution in [0.3, 0.4) is 0 Å². The van der Waals surface area contributed by atoms with Crippen molar-refractivity contribution in [2.75, 3.05) is 19.5 Å². The molecule has 0 aliphatic rings. The third-order valence-corrected chi connectivity index (χ3v) is 4.56. The molecule has 0 fully saturated rings. The van der Waals surface area contributed by atoms with Gasteiger partial charge in [-0.2, -0.15) is 0 Å². The predicted octanol–water partition coefficient (Wildman–Crippen LogP) is 3.46. The molecule has 0 saturated carbocycles. The summed E-state index contributed by atoms with van der Waals surface area (Å²) in [5.41, 5.74) is 8.16. The maximum atomic E-state index is 6.04. The molecule has 7 heteroatoms. The first kappa shape index (κ1) is 20.3. The van der Waals surface area contributed by atoms with Gasteiger partial charge < -0.3 is 25.1 Å². The maximum absolute atomic E-state index is 6.04. The van der Waals surface area contributed by atoms with E-state index in [2.05, 4.69) is 44.1 Å². The minimum Gasteiger partial charge on any atom is -0.493 e. The van der Waals surface area contributed by atoms with Crippen molar-refractivity contribution >= 4 is 11.6 Å². The van der Waals surface area contributed by atoms with Gasteiger partial charge in [0.05, 0.1) is 14.2 Å². The van der Waals surface area contributed by atoms with Crippen LogP contribution in [-0.2, 0) is 19.5 Å². The van der Waals surface area contributed by atoms with E-state index in [0.717, 1.165) is 30.9 Å². The molecular formula is C22H27N5O2. The number of nitrogens with zero attached hydrogens (tertiary/aromatic N) is 3. The van der Waals surface area contributed by atoms with Crippen LogP contribution in [0.15, 0.2) is 65.9 Å². The number of methoxy groups -OCH3 is 2. The summed E-state index contributed by atoms with van der Waals surface area (Å²) in [5.74, 6) is 2.48. The fourth-order valence-corrected chi connectivity index (χ4v) is 3.05. The molecule has 0 aliphatic heterocycles. The molecule has 0 radical (unpaired) electrons. The Morgan fingerprint density at radius 3 is 2.66 bits per heavy atom. The summed E-state index contributed by atoms with van der Waals surface area (Å²) in [4.78, 5) is 8.82. The lowest BCUT2D eigenvalue weighted by atomic mass is 10.1. The zero-order valence-corrected chi connectivity index (χ0v) is 16.8. The zero-order valence-electron chi connectivity index (χ0n) is 16.8. The summed E-state index contributed by atoms with van der Waals surface area (Å²) >= 11 is 0. The Kier molecular flexibility index (Phi) is 7.10. The molecule has 0 bridgehead atoms. The van der Waals surface area contributed by atoms with Gasteiger partial charge in [-0.05, 0) is 30.5 Å². The van der Waals surface area contributed by atoms with Crippen molar-refractivity contribution in [2.24, 2.45) is 10.7 Å². The van der Waals surface area contributed by atoms with Crippen molar-refractivity contribution in [3.05, 3.63) is 72.3 Å². The fourth-order valence-electron chi connectivity index (χ4n) is 3.05. The van der Waals surface area contributed by atoms with Crippen LogP contribution in [0, 0.1) is 0 Å². The fraction of sp³-hybridized carbons (Fsp3) is 0.273. The van der Waals surface area contributed by atoms with Gasteiger partial charge in [0.2, 0.25) is 0 Å². The molecule has 3 N–H and O–H groups in total. The number of benzene rings is 2. The SMILES string of the molecule is COc1ccc(NC(N)=NCc2nccn2CCCc2ccccc2)cc1OC. The first-order chi connectivity index (χ1) is 14.2. The lowest BCUT2D eigenvalue weighted by Gasteiger charge is -2.11. The molecule has 0 aliphatic carbocycles. The Balaban J connectivity index is 1.55. The number of guanidine groups is 1. The van der Waals surface area contributed by atoms with Gasteiger partial charge in [-0.15, -0.1) is 0 Å². The number of nitrogens with two attached hydrogens (primary N) is 1. The Labute approximate surface area is 171 Å². The highest BCUT2D eigenvalue weighted by atomic mass is 16.5. The number of aliphatic imine (C=N–C) groups is 1. The van der Waals surface area contributed by atoms with Gasteiger partial charge in [-0.1, -0.05) is 30.3 Å². The zero-order chi connectivity index (χ0) is 20.5. The topological polar surface area (TPSA) is 86.7 Å². The van der Waals surface area contributed by atoms with Crippen molar-refractivity contribution in [2.45, 2.75) is 25.9 Å². The van der Waals surface area contributed by atoms with Gasteiger partial charge in [-0.25, -0.2) is 9.98 Å². The Bertz CT molecular complexity index is 937. The lowest BCUT2D eigenvalue weighted by molar-refractivity contribution is 0.355. The summed E-state index contributed by atoms with van der Waals surface area (Å²) in [5, 5.41) is 3.07. The molecule has 1 heterocycles. The van der Waals surface area contributed by atoms with Crippen LogP contribution in [0.1, 0.15) is 17.8 Å². The Morgan fingerprint density at radius 2 is 1.90 bits per heavy atom. The quantitative estimate of drug-likeness (QED) is 0.429. The molecule has 0 amide bonds. The van der Waals surface area contributed by atoms with E-state index in [0.29, 0.717) is 24.0 Å². The molecular weight excluding hydrogens is 366 g/mol. The molecule has 29 heavy (non-hydrogen) atoms. The molecule has 0 saturated heterocycles. The van der Waals surface area contributed by atoms with E-state index < -0.39 is 0 Å². The minimum atomic E-state index is 0.316. The number of nitrogens with one attached hydrogen (secondary N) is 1. The number of hydrogen-bond donors (Lipinski definition) is 2. The Hall–Kier alpha value is -3.48. The number of hydrogen-bond acceptors (Lipinski definition) is 4. The number of imidazole rings is 1. The third kappa shape index (κ3) is 5.75. The number of aryl methyl sites for hydroxylation is 2. The monoisotopic (exact) mass is 393 g/mol. The van der Waals surface area contributed by atoms with Gasteiger partial charge in [0.1, 0.15) is 12.4 Å². The van der Waals surface area contributed by atoms with Crippen LogP contribution in [0.2, 0.25) is 0 Å². The van der Waals surface area contributed by atoms with E-state index in [-0.39, 0.29) is 0 Å². The summed E-state index contributed by atoms with van der Waals surface area (Å²) in [6.45, 7) is 1.30. The van der Waals surface area contributed by atoms with E-state index in [1.54, 1.807) is 20.4 Å². The lowest BCUT2D eigenvalue weighted by Crippen LogP contribution is -2.23. The van der Waals surface area contributed by atoms with E-state index in [9.17, 15) is 0 Å². The second-order valence-corrected chi connectivity index (χ2v) is 6.52. The largest absolute Gasteiger partial charge is 0.493 e. The van der Waals surface area contributed by atoms with Gasteiger partial charge in [0.25, 0.3) is 0 Å². The average molecular weight is 393 g/mol. The average Bonchev–Trinajstić information content (AvgIpc) is 3.20. The van der Waals surface area contributed by atoms with Crippen LogP contribution < -0.4 is 20.5 Å². The smallest absolute Gasteiger partial charge is 0.193 e. The van der Waals surface area contributed by atoms with Gasteiger partial charge in [0, 0.05) is 30.7 Å². The maximum Gasteiger partial charge on any atom is 0.193 e. The summed E-state index contributed by atoms with van der Waals surface area (Å²) in [6.07, 6.45) is 5.85. The van der Waals surface area contributed by atoms with Gasteiger partial charge in [-0.3, -0.25) is 0 Å². The van der Waals surface area contributed by atoms with E-state index in [4.69, 9.17) is 15.2 Å². The molecule has 0 unspecified atom stereocenters. The van der Waals surface area contributed by atoms with E-state index in [1.807, 2.05) is 30.5 Å². The third-order valence-electron chi connectivity index (χ3n) is 4.56. The summed E-state index contributed by atoms with van der Waals surface area (Å²) in [7, 11) is 3.19. The van der Waals surface area contributed by atoms with Crippen molar-refractivity contribution in [1.82, 2.24) is 9.55 Å². The predicted molar refractivity (Wildman–Crippen MR) is 115 cm³/mol. The molecule has 0 atom stereocenters. The number of rotatable bonds is 9. The van der Waals surface area contributed by atoms with Crippen LogP contribution >= 0.6 is 0 Å². The van der Waals surface area contributed by atoms with Crippen LogP contribution in [-0.4, -0.2) is 29.7 Å². The van der Waals surface area contributed by atoms with Crippen LogP contribution in [0.4, 0.5) is 5.69 Å². The van der Waals surface area contributed by atoms with Gasteiger partial charge in [0.15, 0.2) is 17.5 Å². The van der Waals surface area contributed by atoms with Crippen LogP contribution in [0.25, 0.3) is 0 Å². The highest BCUT2D eigenvalue weighted by Crippen LogP contribution is 2.29. The number of anilines is 1. The first-order valence-electron chi connectivity index (χ1n) is 9.52. The number of aromatic nitrogens is 2. The molecule has 152 valence electrons. The molecule has 3 rings (SSSR count). The van der Waals surface area contributed by atoms with Crippen molar-refractivity contribution in [3.8, 4) is 11.5 Å². The molecule has 1 aromatic heterocycles. The molecule has 2 aromatic carbocycles. The highest BCUT2D eigenvalue weighted by molar-refractivity contribution is 5.92. The standard InChI is InChI=1S/C22H27N5O2/c1-28-19-11-10-18(15-20(19)29-2)26-22(23)25-16-21-24-12-14-27(21)13-6-9-17-7-4-3-5-8-17/h3-5,7-8,10-12,14-15H,6,9,13,16H2,1-2H3,(H3,23,25,26). The van der Waals surface area contributed by atoms with Gasteiger partial charge >= 0.3 is 0 Å². The van der Waals surface area contributed by atoms with Crippen molar-refractivity contribution in [1.29, 1.82) is 0 Å². The second-order valence-electron chi connectivity index (χ2n) is 6.52. The first-order valence-corrected chi connectivity index (χ1v) is 9.52. The molecule has 3 aromatic rings. The minimum absolute atomic E-state index is 0.316. The highest BCUT2D eigenvalue weighted by Gasteiger charge is 2.06. The van der Waals surface area contributed by atoms with Crippen molar-refractivity contribution < 1.29 is 9.47 Å². The number of ether oxygens (including phenoxy) is 2. The summed E-state index contributed by atoms with van der Waals surface area (Å²) < 4.78 is 12.7.